The number of hydrogen-bond acceptors (Lipinski definition) is 1. The minimum absolute atomic E-state index is 0.0687. The molecular weight excluding hydrogens is 298 g/mol. The molecule has 2 aromatic carbocycles. The Hall–Kier alpha value is -1.23. The summed E-state index contributed by atoms with van der Waals surface area (Å²) in [6, 6.07) is 4.56. The van der Waals surface area contributed by atoms with E-state index >= 15 is 0 Å². The predicted octanol–water partition coefficient (Wildman–Crippen LogP) is 4.46. The van der Waals surface area contributed by atoms with E-state index in [2.05, 4.69) is 0 Å². The molecule has 0 aromatic heterocycles. The molecule has 0 amide bonds. The first kappa shape index (κ1) is 14.2. The van der Waals surface area contributed by atoms with E-state index in [9.17, 15) is 13.2 Å². The van der Waals surface area contributed by atoms with Crippen LogP contribution in [0.15, 0.2) is 30.3 Å². The predicted molar refractivity (Wildman–Crippen MR) is 68.8 cm³/mol. The Balaban J connectivity index is 2.49. The quantitative estimate of drug-likeness (QED) is 0.815. The largest absolute Gasteiger partial charge is 0.320 e. The first-order valence-corrected chi connectivity index (χ1v) is 6.00. The Morgan fingerprint density at radius 1 is 0.842 bits per heavy atom. The van der Waals surface area contributed by atoms with Gasteiger partial charge in [0.1, 0.15) is 5.82 Å². The summed E-state index contributed by atoms with van der Waals surface area (Å²) in [5.41, 5.74) is 6.02. The van der Waals surface area contributed by atoms with Gasteiger partial charge in [-0.2, -0.15) is 0 Å². The molecule has 2 rings (SSSR count). The highest BCUT2D eigenvalue weighted by Crippen LogP contribution is 2.30. The van der Waals surface area contributed by atoms with E-state index in [-0.39, 0.29) is 21.2 Å². The normalized spacial score (nSPS) is 12.5. The highest BCUT2D eigenvalue weighted by atomic mass is 35.5. The fraction of sp³-hybridized carbons (Fsp3) is 0.0769. The summed E-state index contributed by atoms with van der Waals surface area (Å²) in [5.74, 6) is -2.82. The molecule has 0 heterocycles. The zero-order valence-electron chi connectivity index (χ0n) is 9.43. The lowest BCUT2D eigenvalue weighted by atomic mass is 9.99. The summed E-state index contributed by atoms with van der Waals surface area (Å²) in [4.78, 5) is 0. The number of rotatable bonds is 2. The SMILES string of the molecule is NC(c1ccc(Cl)cc1F)c1cc(F)c(F)cc1Cl. The van der Waals surface area contributed by atoms with Gasteiger partial charge in [-0.25, -0.2) is 13.2 Å². The fourth-order valence-electron chi connectivity index (χ4n) is 1.70. The zero-order valence-corrected chi connectivity index (χ0v) is 10.9. The maximum absolute atomic E-state index is 13.7. The van der Waals surface area contributed by atoms with Crippen LogP contribution in [0, 0.1) is 17.5 Å². The highest BCUT2D eigenvalue weighted by molar-refractivity contribution is 6.31. The summed E-state index contributed by atoms with van der Waals surface area (Å²) >= 11 is 11.4. The van der Waals surface area contributed by atoms with E-state index in [0.717, 1.165) is 18.2 Å². The molecule has 0 aliphatic rings. The second kappa shape index (κ2) is 5.41. The van der Waals surface area contributed by atoms with Crippen LogP contribution in [0.5, 0.6) is 0 Å². The van der Waals surface area contributed by atoms with Gasteiger partial charge in [0.2, 0.25) is 0 Å². The lowest BCUT2D eigenvalue weighted by molar-refractivity contribution is 0.506. The second-order valence-electron chi connectivity index (χ2n) is 3.93. The van der Waals surface area contributed by atoms with Crippen LogP contribution in [-0.4, -0.2) is 0 Å². The second-order valence-corrected chi connectivity index (χ2v) is 4.77. The van der Waals surface area contributed by atoms with Crippen LogP contribution in [0.3, 0.4) is 0 Å². The molecule has 0 radical (unpaired) electrons. The summed E-state index contributed by atoms with van der Waals surface area (Å²) < 4.78 is 39.9. The first-order chi connectivity index (χ1) is 8.90. The molecule has 19 heavy (non-hydrogen) atoms. The van der Waals surface area contributed by atoms with Crippen LogP contribution >= 0.6 is 23.2 Å². The van der Waals surface area contributed by atoms with Crippen molar-refractivity contribution in [2.75, 3.05) is 0 Å². The highest BCUT2D eigenvalue weighted by Gasteiger charge is 2.19. The van der Waals surface area contributed by atoms with Crippen molar-refractivity contribution in [1.82, 2.24) is 0 Å². The smallest absolute Gasteiger partial charge is 0.160 e. The van der Waals surface area contributed by atoms with Crippen molar-refractivity contribution in [3.63, 3.8) is 0 Å². The van der Waals surface area contributed by atoms with Crippen molar-refractivity contribution in [2.24, 2.45) is 5.73 Å². The van der Waals surface area contributed by atoms with Crippen LogP contribution in [0.25, 0.3) is 0 Å². The van der Waals surface area contributed by atoms with Gasteiger partial charge in [0.25, 0.3) is 0 Å². The average molecular weight is 306 g/mol. The average Bonchev–Trinajstić information content (AvgIpc) is 2.33. The maximum Gasteiger partial charge on any atom is 0.160 e. The van der Waals surface area contributed by atoms with Gasteiger partial charge in [-0.3, -0.25) is 0 Å². The van der Waals surface area contributed by atoms with Crippen LogP contribution in [0.1, 0.15) is 17.2 Å². The fourth-order valence-corrected chi connectivity index (χ4v) is 2.12. The molecular formula is C13H8Cl2F3N. The Labute approximate surface area is 117 Å². The van der Waals surface area contributed by atoms with Crippen LogP contribution in [0.2, 0.25) is 10.0 Å². The molecule has 0 saturated carbocycles. The van der Waals surface area contributed by atoms with Crippen molar-refractivity contribution in [1.29, 1.82) is 0 Å². The topological polar surface area (TPSA) is 26.0 Å². The molecule has 0 aliphatic heterocycles. The molecule has 0 spiro atoms. The monoisotopic (exact) mass is 305 g/mol. The van der Waals surface area contributed by atoms with E-state index in [1.165, 1.54) is 12.1 Å². The molecule has 1 nitrogen and oxygen atoms in total. The molecule has 1 atom stereocenters. The van der Waals surface area contributed by atoms with Crippen molar-refractivity contribution in [3.8, 4) is 0 Å². The molecule has 100 valence electrons. The first-order valence-electron chi connectivity index (χ1n) is 5.25. The van der Waals surface area contributed by atoms with Gasteiger partial charge in [0.15, 0.2) is 11.6 Å². The summed E-state index contributed by atoms with van der Waals surface area (Å²) in [6.45, 7) is 0. The minimum Gasteiger partial charge on any atom is -0.320 e. The van der Waals surface area contributed by atoms with Gasteiger partial charge in [-0.15, -0.1) is 0 Å². The third-order valence-corrected chi connectivity index (χ3v) is 3.23. The van der Waals surface area contributed by atoms with E-state index < -0.39 is 23.5 Å². The van der Waals surface area contributed by atoms with Crippen LogP contribution in [0.4, 0.5) is 13.2 Å². The Bertz CT molecular complexity index is 632. The van der Waals surface area contributed by atoms with Crippen molar-refractivity contribution in [2.45, 2.75) is 6.04 Å². The molecule has 0 fully saturated rings. The lowest BCUT2D eigenvalue weighted by Crippen LogP contribution is -2.14. The Kier molecular flexibility index (Phi) is 4.04. The minimum atomic E-state index is -1.09. The van der Waals surface area contributed by atoms with Crippen molar-refractivity contribution >= 4 is 23.2 Å². The molecule has 2 aromatic rings. The molecule has 0 aliphatic carbocycles. The van der Waals surface area contributed by atoms with Crippen LogP contribution in [-0.2, 0) is 0 Å². The van der Waals surface area contributed by atoms with E-state index in [1.54, 1.807) is 0 Å². The molecule has 2 N–H and O–H groups in total. The Morgan fingerprint density at radius 3 is 2.11 bits per heavy atom. The zero-order chi connectivity index (χ0) is 14.2. The molecule has 1 unspecified atom stereocenters. The number of halogens is 5. The molecule has 0 saturated heterocycles. The third kappa shape index (κ3) is 2.86. The van der Waals surface area contributed by atoms with Gasteiger partial charge in [0.05, 0.1) is 6.04 Å². The third-order valence-electron chi connectivity index (χ3n) is 2.67. The molecule has 6 heteroatoms. The number of benzene rings is 2. The van der Waals surface area contributed by atoms with Crippen molar-refractivity contribution in [3.05, 3.63) is 69.0 Å². The van der Waals surface area contributed by atoms with Gasteiger partial charge < -0.3 is 5.73 Å². The van der Waals surface area contributed by atoms with Crippen molar-refractivity contribution < 1.29 is 13.2 Å². The van der Waals surface area contributed by atoms with Crippen LogP contribution < -0.4 is 5.73 Å². The Morgan fingerprint density at radius 2 is 1.47 bits per heavy atom. The summed E-state index contributed by atoms with van der Waals surface area (Å²) in [7, 11) is 0. The summed E-state index contributed by atoms with van der Waals surface area (Å²) in [5, 5.41) is 0.144. The van der Waals surface area contributed by atoms with Gasteiger partial charge >= 0.3 is 0 Å². The van der Waals surface area contributed by atoms with E-state index in [0.29, 0.717) is 0 Å². The standard InChI is InChI=1S/C13H8Cl2F3N/c14-6-1-2-7(10(16)3-6)13(19)8-4-11(17)12(18)5-9(8)15/h1-5,13H,19H2. The van der Waals surface area contributed by atoms with Gasteiger partial charge in [-0.1, -0.05) is 29.3 Å². The lowest BCUT2D eigenvalue weighted by Gasteiger charge is -2.15. The number of hydrogen-bond donors (Lipinski definition) is 1. The molecule has 0 bridgehead atoms. The maximum atomic E-state index is 13.7. The van der Waals surface area contributed by atoms with Gasteiger partial charge in [-0.05, 0) is 29.8 Å². The van der Waals surface area contributed by atoms with E-state index in [1.807, 2.05) is 0 Å². The van der Waals surface area contributed by atoms with Gasteiger partial charge in [0, 0.05) is 15.6 Å². The number of nitrogens with two attached hydrogens (primary N) is 1. The summed E-state index contributed by atoms with van der Waals surface area (Å²) in [6.07, 6.45) is 0. The van der Waals surface area contributed by atoms with E-state index in [4.69, 9.17) is 28.9 Å².